The van der Waals surface area contributed by atoms with Gasteiger partial charge in [0.15, 0.2) is 0 Å². The van der Waals surface area contributed by atoms with E-state index in [9.17, 15) is 5.11 Å². The lowest BCUT2D eigenvalue weighted by molar-refractivity contribution is 0.111. The summed E-state index contributed by atoms with van der Waals surface area (Å²) in [6, 6.07) is 6.25. The summed E-state index contributed by atoms with van der Waals surface area (Å²) in [5.74, 6) is 0. The number of H-pyrrole nitrogens is 1. The Kier molecular flexibility index (Phi) is 1.78. The average Bonchev–Trinajstić information content (AvgIpc) is 3.00. The molecule has 17 heavy (non-hydrogen) atoms. The van der Waals surface area contributed by atoms with Crippen molar-refractivity contribution in [3.8, 4) is 0 Å². The van der Waals surface area contributed by atoms with Gasteiger partial charge in [-0.2, -0.15) is 0 Å². The fourth-order valence-corrected chi connectivity index (χ4v) is 2.73. The highest BCUT2D eigenvalue weighted by Crippen LogP contribution is 2.46. The summed E-state index contributed by atoms with van der Waals surface area (Å²) in [4.78, 5) is 3.45. The van der Waals surface area contributed by atoms with Crippen LogP contribution in [-0.4, -0.2) is 16.7 Å². The fourth-order valence-electron chi connectivity index (χ4n) is 2.73. The normalized spacial score (nSPS) is 21.5. The first-order chi connectivity index (χ1) is 8.26. The first-order valence-electron chi connectivity index (χ1n) is 6.20. The number of hydrogen-bond acceptors (Lipinski definition) is 2. The minimum Gasteiger partial charge on any atom is -0.385 e. The number of ether oxygens (including phenoxy) is 1. The van der Waals surface area contributed by atoms with Gasteiger partial charge in [-0.3, -0.25) is 0 Å². The summed E-state index contributed by atoms with van der Waals surface area (Å²) in [5, 5.41) is 11.4. The molecule has 1 aromatic carbocycles. The zero-order valence-electron chi connectivity index (χ0n) is 9.62. The third kappa shape index (κ3) is 1.36. The standard InChI is InChI=1S/C14H15NO2/c16-14(4-5-14)9-1-2-12-10(7-9)11-8-17-6-3-13(11)15-12/h1-2,7,15-16H,3-6,8H2. The Hall–Kier alpha value is -1.32. The molecule has 2 N–H and O–H groups in total. The number of hydrogen-bond donors (Lipinski definition) is 2. The van der Waals surface area contributed by atoms with Crippen molar-refractivity contribution < 1.29 is 9.84 Å². The Morgan fingerprint density at radius 3 is 3.00 bits per heavy atom. The number of aromatic amines is 1. The van der Waals surface area contributed by atoms with Gasteiger partial charge in [0.1, 0.15) is 0 Å². The van der Waals surface area contributed by atoms with E-state index in [1.54, 1.807) is 0 Å². The predicted octanol–water partition coefficient (Wildman–Crippen LogP) is 2.22. The van der Waals surface area contributed by atoms with E-state index in [-0.39, 0.29) is 0 Å². The van der Waals surface area contributed by atoms with Crippen molar-refractivity contribution in [1.29, 1.82) is 0 Å². The molecule has 1 aliphatic carbocycles. The van der Waals surface area contributed by atoms with Gasteiger partial charge in [0.05, 0.1) is 18.8 Å². The minimum atomic E-state index is -0.548. The smallest absolute Gasteiger partial charge is 0.0899 e. The van der Waals surface area contributed by atoms with E-state index in [1.807, 2.05) is 6.07 Å². The van der Waals surface area contributed by atoms with Crippen molar-refractivity contribution in [1.82, 2.24) is 4.98 Å². The first-order valence-corrected chi connectivity index (χ1v) is 6.20. The molecule has 2 aromatic rings. The van der Waals surface area contributed by atoms with E-state index in [2.05, 4.69) is 17.1 Å². The third-order valence-corrected chi connectivity index (χ3v) is 4.00. The quantitative estimate of drug-likeness (QED) is 0.787. The van der Waals surface area contributed by atoms with Crippen LogP contribution >= 0.6 is 0 Å². The lowest BCUT2D eigenvalue weighted by Gasteiger charge is -2.12. The van der Waals surface area contributed by atoms with Crippen LogP contribution in [0.4, 0.5) is 0 Å². The second-order valence-electron chi connectivity index (χ2n) is 5.18. The molecular weight excluding hydrogens is 214 g/mol. The van der Waals surface area contributed by atoms with Crippen LogP contribution in [-0.2, 0) is 23.4 Å². The molecule has 88 valence electrons. The summed E-state index contributed by atoms with van der Waals surface area (Å²) < 4.78 is 5.52. The molecule has 1 saturated carbocycles. The van der Waals surface area contributed by atoms with E-state index in [0.717, 1.165) is 36.9 Å². The van der Waals surface area contributed by atoms with Crippen molar-refractivity contribution >= 4 is 10.9 Å². The van der Waals surface area contributed by atoms with E-state index < -0.39 is 5.60 Å². The van der Waals surface area contributed by atoms with Crippen LogP contribution in [0.5, 0.6) is 0 Å². The van der Waals surface area contributed by atoms with Gasteiger partial charge >= 0.3 is 0 Å². The molecule has 2 heterocycles. The van der Waals surface area contributed by atoms with Gasteiger partial charge in [-0.1, -0.05) is 6.07 Å². The average molecular weight is 229 g/mol. The molecule has 1 fully saturated rings. The predicted molar refractivity (Wildman–Crippen MR) is 64.8 cm³/mol. The summed E-state index contributed by atoms with van der Waals surface area (Å²) in [5.41, 5.74) is 4.24. The molecule has 2 aliphatic rings. The highest BCUT2D eigenvalue weighted by Gasteiger charge is 2.42. The Labute approximate surface area is 99.4 Å². The van der Waals surface area contributed by atoms with Crippen LogP contribution in [0.2, 0.25) is 0 Å². The number of fused-ring (bicyclic) bond motifs is 3. The Morgan fingerprint density at radius 2 is 2.18 bits per heavy atom. The molecule has 4 rings (SSSR count). The molecule has 0 spiro atoms. The Morgan fingerprint density at radius 1 is 1.29 bits per heavy atom. The SMILES string of the molecule is OC1(c2ccc3[nH]c4c(c3c2)COCC4)CC1. The molecule has 0 amide bonds. The third-order valence-electron chi connectivity index (χ3n) is 4.00. The molecule has 1 aromatic heterocycles. The Bertz CT molecular complexity index is 596. The maximum atomic E-state index is 10.2. The van der Waals surface area contributed by atoms with E-state index >= 15 is 0 Å². The lowest BCUT2D eigenvalue weighted by atomic mass is 10.0. The van der Waals surface area contributed by atoms with Gasteiger partial charge in [-0.05, 0) is 30.5 Å². The molecule has 1 aliphatic heterocycles. The molecule has 0 saturated heterocycles. The van der Waals surface area contributed by atoms with Crippen molar-refractivity contribution in [2.75, 3.05) is 6.61 Å². The minimum absolute atomic E-state index is 0.548. The fraction of sp³-hybridized carbons (Fsp3) is 0.429. The zero-order chi connectivity index (χ0) is 11.5. The summed E-state index contributed by atoms with van der Waals surface area (Å²) in [6.07, 6.45) is 2.74. The largest absolute Gasteiger partial charge is 0.385 e. The maximum absolute atomic E-state index is 10.2. The summed E-state index contributed by atoms with van der Waals surface area (Å²) in [6.45, 7) is 1.49. The monoisotopic (exact) mass is 229 g/mol. The second-order valence-corrected chi connectivity index (χ2v) is 5.18. The van der Waals surface area contributed by atoms with Crippen molar-refractivity contribution in [3.63, 3.8) is 0 Å². The number of aliphatic hydroxyl groups is 1. The van der Waals surface area contributed by atoms with Gasteiger partial charge in [0.2, 0.25) is 0 Å². The van der Waals surface area contributed by atoms with E-state index in [0.29, 0.717) is 6.61 Å². The van der Waals surface area contributed by atoms with Crippen LogP contribution in [0.3, 0.4) is 0 Å². The molecule has 0 radical (unpaired) electrons. The van der Waals surface area contributed by atoms with Crippen molar-refractivity contribution in [2.24, 2.45) is 0 Å². The van der Waals surface area contributed by atoms with Crippen LogP contribution in [0, 0.1) is 0 Å². The molecule has 0 bridgehead atoms. The highest BCUT2D eigenvalue weighted by molar-refractivity contribution is 5.85. The van der Waals surface area contributed by atoms with Gasteiger partial charge in [0, 0.05) is 28.6 Å². The summed E-state index contributed by atoms with van der Waals surface area (Å²) >= 11 is 0. The Balaban J connectivity index is 1.93. The first kappa shape index (κ1) is 9.68. The number of benzene rings is 1. The summed E-state index contributed by atoms with van der Waals surface area (Å²) in [7, 11) is 0. The lowest BCUT2D eigenvalue weighted by Crippen LogP contribution is -2.08. The maximum Gasteiger partial charge on any atom is 0.0899 e. The van der Waals surface area contributed by atoms with Gasteiger partial charge in [-0.25, -0.2) is 0 Å². The van der Waals surface area contributed by atoms with Crippen LogP contribution in [0.15, 0.2) is 18.2 Å². The molecule has 3 heteroatoms. The van der Waals surface area contributed by atoms with E-state index in [1.165, 1.54) is 16.6 Å². The molecule has 0 atom stereocenters. The van der Waals surface area contributed by atoms with Crippen LogP contribution in [0.1, 0.15) is 29.7 Å². The van der Waals surface area contributed by atoms with Gasteiger partial charge in [-0.15, -0.1) is 0 Å². The zero-order valence-corrected chi connectivity index (χ0v) is 9.62. The van der Waals surface area contributed by atoms with Crippen LogP contribution in [0.25, 0.3) is 10.9 Å². The topological polar surface area (TPSA) is 45.2 Å². The molecule has 0 unspecified atom stereocenters. The number of aromatic nitrogens is 1. The number of rotatable bonds is 1. The number of nitrogens with one attached hydrogen (secondary N) is 1. The van der Waals surface area contributed by atoms with E-state index in [4.69, 9.17) is 4.74 Å². The molecule has 3 nitrogen and oxygen atoms in total. The van der Waals surface area contributed by atoms with Gasteiger partial charge < -0.3 is 14.8 Å². The van der Waals surface area contributed by atoms with Crippen molar-refractivity contribution in [3.05, 3.63) is 35.0 Å². The highest BCUT2D eigenvalue weighted by atomic mass is 16.5. The second kappa shape index (κ2) is 3.12. The molecular formula is C14H15NO2. The van der Waals surface area contributed by atoms with Crippen LogP contribution < -0.4 is 0 Å². The van der Waals surface area contributed by atoms with Crippen molar-refractivity contribution in [2.45, 2.75) is 31.5 Å². The van der Waals surface area contributed by atoms with Gasteiger partial charge in [0.25, 0.3) is 0 Å².